The first-order valence-electron chi connectivity index (χ1n) is 8.90. The molecule has 1 N–H and O–H groups in total. The van der Waals surface area contributed by atoms with Crippen molar-refractivity contribution in [3.8, 4) is 5.75 Å². The Morgan fingerprint density at radius 1 is 1.00 bits per heavy atom. The average molecular weight is 395 g/mol. The molecule has 0 fully saturated rings. The lowest BCUT2D eigenvalue weighted by Crippen LogP contribution is -2.47. The Morgan fingerprint density at radius 2 is 1.61 bits per heavy atom. The number of rotatable bonds is 7. The lowest BCUT2D eigenvalue weighted by atomic mass is 10.0. The minimum absolute atomic E-state index is 0.0504. The summed E-state index contributed by atoms with van der Waals surface area (Å²) in [6.07, 6.45) is -0.748. The maximum atomic E-state index is 13.1. The van der Waals surface area contributed by atoms with Crippen LogP contribution < -0.4 is 10.2 Å². The number of carbonyl (C=O) groups is 3. The summed E-state index contributed by atoms with van der Waals surface area (Å²) in [5.74, 6) is -1.09. The van der Waals surface area contributed by atoms with E-state index in [4.69, 9.17) is 14.4 Å². The van der Waals surface area contributed by atoms with Crippen LogP contribution in [0.2, 0.25) is 0 Å². The largest absolute Gasteiger partial charge is 0.444 e. The number of hydrogen-bond acceptors (Lipinski definition) is 7. The third-order valence-electron chi connectivity index (χ3n) is 3.09. The Labute approximate surface area is 165 Å². The van der Waals surface area contributed by atoms with E-state index in [1.54, 1.807) is 32.9 Å². The van der Waals surface area contributed by atoms with Crippen molar-refractivity contribution in [1.82, 2.24) is 5.32 Å². The minimum atomic E-state index is -1.03. The maximum Gasteiger partial charge on any atom is 0.408 e. The fourth-order valence-corrected chi connectivity index (χ4v) is 2.00. The summed E-state index contributed by atoms with van der Waals surface area (Å²) in [6.45, 7) is 11.8. The molecule has 0 aliphatic rings. The maximum absolute atomic E-state index is 13.1. The molecule has 1 atom stereocenters. The Balaban J connectivity index is 3.07. The first-order valence-corrected chi connectivity index (χ1v) is 8.90. The summed E-state index contributed by atoms with van der Waals surface area (Å²) in [5, 5.41) is 2.54. The van der Waals surface area contributed by atoms with Gasteiger partial charge >= 0.3 is 12.1 Å². The van der Waals surface area contributed by atoms with Crippen LogP contribution in [0.25, 0.3) is 0 Å². The minimum Gasteiger partial charge on any atom is -0.444 e. The van der Waals surface area contributed by atoms with Crippen molar-refractivity contribution < 1.29 is 33.6 Å². The van der Waals surface area contributed by atoms with Crippen LogP contribution in [0.4, 0.5) is 4.79 Å². The van der Waals surface area contributed by atoms with Gasteiger partial charge in [0, 0.05) is 6.92 Å². The van der Waals surface area contributed by atoms with Gasteiger partial charge in [-0.05, 0) is 53.7 Å². The zero-order chi connectivity index (χ0) is 21.5. The molecule has 0 aromatic heterocycles. The normalized spacial score (nSPS) is 12.7. The van der Waals surface area contributed by atoms with Crippen molar-refractivity contribution in [3.05, 3.63) is 29.8 Å². The molecule has 1 aromatic rings. The Morgan fingerprint density at radius 3 is 2.14 bits per heavy atom. The number of alkyl carbamates (subject to hydrolysis) is 1. The molecule has 1 aromatic carbocycles. The van der Waals surface area contributed by atoms with Crippen LogP contribution in [0.1, 0.15) is 58.8 Å². The first kappa shape index (κ1) is 23.4. The second-order valence-electron chi connectivity index (χ2n) is 8.14. The molecular formula is C20H29NO7. The molecule has 0 aliphatic heterocycles. The number of nitrogens with one attached hydrogen (secondary N) is 1. The molecule has 0 heterocycles. The van der Waals surface area contributed by atoms with Crippen LogP contribution in [0, 0.1) is 0 Å². The van der Waals surface area contributed by atoms with Gasteiger partial charge in [0.25, 0.3) is 0 Å². The summed E-state index contributed by atoms with van der Waals surface area (Å²) in [6, 6.07) is 5.20. The molecule has 0 radical (unpaired) electrons. The van der Waals surface area contributed by atoms with Gasteiger partial charge in [-0.15, -0.1) is 0 Å². The van der Waals surface area contributed by atoms with Gasteiger partial charge in [0.05, 0.1) is 17.8 Å². The summed E-state index contributed by atoms with van der Waals surface area (Å²) >= 11 is 0. The average Bonchev–Trinajstić information content (AvgIpc) is 2.54. The monoisotopic (exact) mass is 395 g/mol. The molecule has 0 bridgehead atoms. The molecule has 156 valence electrons. The Bertz CT molecular complexity index is 701. The molecule has 8 heteroatoms. The van der Waals surface area contributed by atoms with Crippen LogP contribution in [0.3, 0.4) is 0 Å². The van der Waals surface area contributed by atoms with Crippen LogP contribution in [-0.2, 0) is 19.2 Å². The number of hydrogen-bond donors (Lipinski definition) is 1. The van der Waals surface area contributed by atoms with E-state index in [0.29, 0.717) is 0 Å². The first-order chi connectivity index (χ1) is 12.8. The highest BCUT2D eigenvalue weighted by atomic mass is 17.2. The summed E-state index contributed by atoms with van der Waals surface area (Å²) in [4.78, 5) is 45.7. The predicted molar refractivity (Wildman–Crippen MR) is 102 cm³/mol. The molecule has 28 heavy (non-hydrogen) atoms. The highest BCUT2D eigenvalue weighted by Gasteiger charge is 2.29. The fourth-order valence-electron chi connectivity index (χ4n) is 2.00. The fraction of sp³-hybridized carbons (Fsp3) is 0.550. The SMILES string of the molecule is CC(=O)OOc1ccccc1C(=O)C(COC(C)(C)C)NC(=O)OC(C)(C)C. The molecule has 1 amide bonds. The van der Waals surface area contributed by atoms with Crippen LogP contribution in [-0.4, -0.2) is 41.7 Å². The lowest BCUT2D eigenvalue weighted by Gasteiger charge is -2.26. The van der Waals surface area contributed by atoms with E-state index in [1.807, 2.05) is 20.8 Å². The van der Waals surface area contributed by atoms with Gasteiger partial charge in [0.15, 0.2) is 11.5 Å². The summed E-state index contributed by atoms with van der Waals surface area (Å²) < 4.78 is 10.9. The predicted octanol–water partition coefficient (Wildman–Crippen LogP) is 3.43. The highest BCUT2D eigenvalue weighted by Crippen LogP contribution is 2.21. The van der Waals surface area contributed by atoms with E-state index < -0.39 is 35.1 Å². The van der Waals surface area contributed by atoms with Crippen molar-refractivity contribution in [1.29, 1.82) is 0 Å². The van der Waals surface area contributed by atoms with Gasteiger partial charge in [-0.3, -0.25) is 14.6 Å². The Kier molecular flexibility index (Phi) is 7.99. The van der Waals surface area contributed by atoms with Crippen molar-refractivity contribution in [2.24, 2.45) is 0 Å². The zero-order valence-corrected chi connectivity index (χ0v) is 17.5. The number of para-hydroxylation sites is 1. The van der Waals surface area contributed by atoms with Crippen LogP contribution in [0.15, 0.2) is 24.3 Å². The van der Waals surface area contributed by atoms with Crippen molar-refractivity contribution in [2.45, 2.75) is 65.7 Å². The van der Waals surface area contributed by atoms with Crippen molar-refractivity contribution in [3.63, 3.8) is 0 Å². The van der Waals surface area contributed by atoms with Gasteiger partial charge < -0.3 is 14.8 Å². The van der Waals surface area contributed by atoms with E-state index in [1.165, 1.54) is 19.1 Å². The Hall–Kier alpha value is -2.61. The number of carbonyl (C=O) groups excluding carboxylic acids is 3. The van der Waals surface area contributed by atoms with Gasteiger partial charge in [-0.25, -0.2) is 9.59 Å². The molecular weight excluding hydrogens is 366 g/mol. The second kappa shape index (κ2) is 9.54. The van der Waals surface area contributed by atoms with Gasteiger partial charge in [0.1, 0.15) is 11.6 Å². The number of ether oxygens (including phenoxy) is 2. The van der Waals surface area contributed by atoms with E-state index in [0.717, 1.165) is 0 Å². The number of Topliss-reactive ketones (excluding diaryl/α,β-unsaturated/α-hetero) is 1. The van der Waals surface area contributed by atoms with Gasteiger partial charge in [-0.2, -0.15) is 0 Å². The zero-order valence-electron chi connectivity index (χ0n) is 17.5. The molecule has 1 unspecified atom stereocenters. The highest BCUT2D eigenvalue weighted by molar-refractivity contribution is 6.03. The molecule has 0 saturated carbocycles. The molecule has 0 saturated heterocycles. The molecule has 8 nitrogen and oxygen atoms in total. The standard InChI is InChI=1S/C20H29NO7/c1-13(22)27-28-16-11-9-8-10-14(16)17(23)15(12-25-19(2,3)4)21-18(24)26-20(5,6)7/h8-11,15H,12H2,1-7H3,(H,21,24). The smallest absolute Gasteiger partial charge is 0.408 e. The topological polar surface area (TPSA) is 100 Å². The summed E-state index contributed by atoms with van der Waals surface area (Å²) in [5.41, 5.74) is -1.12. The third kappa shape index (κ3) is 8.85. The third-order valence-corrected chi connectivity index (χ3v) is 3.09. The number of benzene rings is 1. The molecule has 0 aliphatic carbocycles. The second-order valence-corrected chi connectivity index (χ2v) is 8.14. The number of ketones is 1. The van der Waals surface area contributed by atoms with E-state index >= 15 is 0 Å². The van der Waals surface area contributed by atoms with Crippen LogP contribution in [0.5, 0.6) is 5.75 Å². The van der Waals surface area contributed by atoms with Gasteiger partial charge in [-0.1, -0.05) is 12.1 Å². The summed E-state index contributed by atoms with van der Waals surface area (Å²) in [7, 11) is 0. The van der Waals surface area contributed by atoms with Crippen molar-refractivity contribution in [2.75, 3.05) is 6.61 Å². The molecule has 0 spiro atoms. The van der Waals surface area contributed by atoms with Gasteiger partial charge in [0.2, 0.25) is 0 Å². The van der Waals surface area contributed by atoms with Crippen molar-refractivity contribution >= 4 is 17.8 Å². The number of amides is 1. The van der Waals surface area contributed by atoms with E-state index in [-0.39, 0.29) is 17.9 Å². The molecule has 1 rings (SSSR count). The van der Waals surface area contributed by atoms with Crippen LogP contribution >= 0.6 is 0 Å². The quantitative estimate of drug-likeness (QED) is 0.429. The van der Waals surface area contributed by atoms with E-state index in [2.05, 4.69) is 10.2 Å². The van der Waals surface area contributed by atoms with E-state index in [9.17, 15) is 14.4 Å². The lowest BCUT2D eigenvalue weighted by molar-refractivity contribution is -0.211.